The molecule has 0 amide bonds. The van der Waals surface area contributed by atoms with Crippen LogP contribution in [0.1, 0.15) is 15.9 Å². The van der Waals surface area contributed by atoms with Crippen molar-refractivity contribution in [3.05, 3.63) is 59.9 Å². The molecule has 20 heavy (non-hydrogen) atoms. The fourth-order valence-electron chi connectivity index (χ4n) is 2.01. The monoisotopic (exact) mass is 267 g/mol. The Kier molecular flexibility index (Phi) is 3.46. The minimum absolute atomic E-state index is 0.0678. The van der Waals surface area contributed by atoms with Crippen LogP contribution in [0.3, 0.4) is 0 Å². The van der Waals surface area contributed by atoms with Crippen LogP contribution in [0.25, 0.3) is 6.08 Å². The maximum Gasteiger partial charge on any atom is 0.185 e. The van der Waals surface area contributed by atoms with E-state index in [4.69, 9.17) is 9.47 Å². The Balaban J connectivity index is 1.85. The lowest BCUT2D eigenvalue weighted by atomic mass is 10.1. The third kappa shape index (κ3) is 2.54. The van der Waals surface area contributed by atoms with E-state index in [-0.39, 0.29) is 5.78 Å². The highest BCUT2D eigenvalue weighted by molar-refractivity contribution is 6.06. The van der Waals surface area contributed by atoms with Gasteiger partial charge in [0, 0.05) is 23.5 Å². The number of hydrogen-bond acceptors (Lipinski definition) is 4. The zero-order valence-corrected chi connectivity index (χ0v) is 10.8. The van der Waals surface area contributed by atoms with Gasteiger partial charge in [0.1, 0.15) is 13.2 Å². The molecule has 1 aliphatic heterocycles. The Morgan fingerprint density at radius 1 is 1.10 bits per heavy atom. The Labute approximate surface area is 116 Å². The number of allylic oxidation sites excluding steroid dienone is 1. The summed E-state index contributed by atoms with van der Waals surface area (Å²) in [5.74, 6) is 1.34. The number of ketones is 1. The molecule has 1 aromatic carbocycles. The zero-order chi connectivity index (χ0) is 13.8. The Bertz CT molecular complexity index is 650. The number of fused-ring (bicyclic) bond motifs is 1. The highest BCUT2D eigenvalue weighted by atomic mass is 16.6. The molecule has 1 aliphatic rings. The zero-order valence-electron chi connectivity index (χ0n) is 10.8. The van der Waals surface area contributed by atoms with Crippen LogP contribution in [-0.2, 0) is 0 Å². The molecule has 4 heteroatoms. The van der Waals surface area contributed by atoms with E-state index in [0.29, 0.717) is 24.5 Å². The number of pyridine rings is 1. The van der Waals surface area contributed by atoms with E-state index in [9.17, 15) is 4.79 Å². The first-order chi connectivity index (χ1) is 9.84. The van der Waals surface area contributed by atoms with Crippen LogP contribution in [-0.4, -0.2) is 24.0 Å². The summed E-state index contributed by atoms with van der Waals surface area (Å²) in [4.78, 5) is 15.9. The second-order valence-corrected chi connectivity index (χ2v) is 4.30. The Hall–Kier alpha value is -2.62. The lowest BCUT2D eigenvalue weighted by Gasteiger charge is -2.19. The van der Waals surface area contributed by atoms with Crippen LogP contribution in [0.15, 0.2) is 48.8 Å². The topological polar surface area (TPSA) is 48.4 Å². The number of carbonyl (C=O) groups excluding carboxylic acids is 1. The van der Waals surface area contributed by atoms with Gasteiger partial charge in [-0.2, -0.15) is 0 Å². The number of rotatable bonds is 3. The Morgan fingerprint density at radius 2 is 1.90 bits per heavy atom. The van der Waals surface area contributed by atoms with Crippen molar-refractivity contribution in [3.8, 4) is 11.5 Å². The van der Waals surface area contributed by atoms with Gasteiger partial charge in [0.15, 0.2) is 17.3 Å². The van der Waals surface area contributed by atoms with Crippen molar-refractivity contribution in [2.24, 2.45) is 0 Å². The fraction of sp³-hybridized carbons (Fsp3) is 0.125. The molecular weight excluding hydrogens is 254 g/mol. The van der Waals surface area contributed by atoms with E-state index in [1.165, 1.54) is 6.08 Å². The molecule has 100 valence electrons. The molecule has 4 nitrogen and oxygen atoms in total. The molecule has 0 atom stereocenters. The molecule has 2 heterocycles. The maximum atomic E-state index is 12.0. The largest absolute Gasteiger partial charge is 0.486 e. The summed E-state index contributed by atoms with van der Waals surface area (Å²) in [7, 11) is 0. The van der Waals surface area contributed by atoms with Gasteiger partial charge >= 0.3 is 0 Å². The number of benzene rings is 1. The molecule has 0 aliphatic carbocycles. The summed E-state index contributed by atoms with van der Waals surface area (Å²) in [6.07, 6.45) is 6.48. The second-order valence-electron chi connectivity index (χ2n) is 4.30. The van der Waals surface area contributed by atoms with Gasteiger partial charge in [-0.25, -0.2) is 0 Å². The molecule has 3 rings (SSSR count). The third-order valence-corrected chi connectivity index (χ3v) is 2.98. The molecule has 2 aromatic rings. The van der Waals surface area contributed by atoms with Gasteiger partial charge in [-0.3, -0.25) is 9.78 Å². The summed E-state index contributed by atoms with van der Waals surface area (Å²) >= 11 is 0. The van der Waals surface area contributed by atoms with E-state index in [1.807, 2.05) is 18.2 Å². The van der Waals surface area contributed by atoms with Crippen molar-refractivity contribution in [2.75, 3.05) is 13.2 Å². The molecule has 0 bridgehead atoms. The van der Waals surface area contributed by atoms with Crippen LogP contribution in [0.4, 0.5) is 0 Å². The molecule has 0 unspecified atom stereocenters. The molecule has 0 radical (unpaired) electrons. The maximum absolute atomic E-state index is 12.0. The summed E-state index contributed by atoms with van der Waals surface area (Å²) in [6, 6.07) is 9.00. The van der Waals surface area contributed by atoms with Crippen molar-refractivity contribution in [1.29, 1.82) is 0 Å². The van der Waals surface area contributed by atoms with Crippen molar-refractivity contribution in [3.63, 3.8) is 0 Å². The van der Waals surface area contributed by atoms with Crippen LogP contribution in [0, 0.1) is 0 Å². The van der Waals surface area contributed by atoms with Crippen LogP contribution < -0.4 is 9.47 Å². The lowest BCUT2D eigenvalue weighted by molar-refractivity contribution is 0.104. The molecule has 1 aromatic heterocycles. The summed E-state index contributed by atoms with van der Waals surface area (Å²) in [6.45, 7) is 1.08. The lowest BCUT2D eigenvalue weighted by Crippen LogP contribution is -2.15. The van der Waals surface area contributed by atoms with Gasteiger partial charge in [-0.1, -0.05) is 12.1 Å². The predicted octanol–water partition coefficient (Wildman–Crippen LogP) is 2.75. The molecule has 0 saturated heterocycles. The fourth-order valence-corrected chi connectivity index (χ4v) is 2.01. The van der Waals surface area contributed by atoms with Gasteiger partial charge in [0.25, 0.3) is 0 Å². The van der Waals surface area contributed by atoms with E-state index < -0.39 is 0 Å². The normalized spacial score (nSPS) is 13.4. The summed E-state index contributed by atoms with van der Waals surface area (Å²) in [5, 5.41) is 0. The highest BCUT2D eigenvalue weighted by Gasteiger charge is 2.14. The summed E-state index contributed by atoms with van der Waals surface area (Å²) in [5.41, 5.74) is 1.45. The quantitative estimate of drug-likeness (QED) is 0.633. The molecule has 0 saturated carbocycles. The number of nitrogens with zero attached hydrogens (tertiary/aromatic N) is 1. The number of hydrogen-bond donors (Lipinski definition) is 0. The second kappa shape index (κ2) is 5.57. The van der Waals surface area contributed by atoms with Crippen molar-refractivity contribution in [2.45, 2.75) is 0 Å². The predicted molar refractivity (Wildman–Crippen MR) is 75.0 cm³/mol. The minimum Gasteiger partial charge on any atom is -0.486 e. The van der Waals surface area contributed by atoms with E-state index in [2.05, 4.69) is 4.98 Å². The van der Waals surface area contributed by atoms with E-state index in [1.54, 1.807) is 30.6 Å². The molecule has 0 fully saturated rings. The number of aromatic nitrogens is 1. The smallest absolute Gasteiger partial charge is 0.185 e. The van der Waals surface area contributed by atoms with Gasteiger partial charge in [0.2, 0.25) is 0 Å². The van der Waals surface area contributed by atoms with Crippen molar-refractivity contribution in [1.82, 2.24) is 4.98 Å². The molecule has 0 N–H and O–H groups in total. The van der Waals surface area contributed by atoms with Crippen molar-refractivity contribution < 1.29 is 14.3 Å². The molecule has 0 spiro atoms. The van der Waals surface area contributed by atoms with Gasteiger partial charge in [-0.15, -0.1) is 0 Å². The van der Waals surface area contributed by atoms with E-state index in [0.717, 1.165) is 11.3 Å². The number of carbonyl (C=O) groups is 1. The Morgan fingerprint density at radius 3 is 2.75 bits per heavy atom. The minimum atomic E-state index is -0.0678. The number of ether oxygens (including phenoxy) is 2. The first-order valence-electron chi connectivity index (χ1n) is 6.35. The van der Waals surface area contributed by atoms with Crippen molar-refractivity contribution >= 4 is 11.9 Å². The SMILES string of the molecule is O=C(C=Cc1cccc2c1OCCO2)c1ccncc1. The third-order valence-electron chi connectivity index (χ3n) is 2.98. The first kappa shape index (κ1) is 12.4. The first-order valence-corrected chi connectivity index (χ1v) is 6.35. The standard InChI is InChI=1S/C16H13NO3/c18-14(12-6-8-17-9-7-12)5-4-13-2-1-3-15-16(13)20-11-10-19-15/h1-9H,10-11H2. The molecular formula is C16H13NO3. The summed E-state index contributed by atoms with van der Waals surface area (Å²) < 4.78 is 11.1. The van der Waals surface area contributed by atoms with E-state index >= 15 is 0 Å². The van der Waals surface area contributed by atoms with Crippen LogP contribution in [0.5, 0.6) is 11.5 Å². The number of para-hydroxylation sites is 1. The highest BCUT2D eigenvalue weighted by Crippen LogP contribution is 2.34. The van der Waals surface area contributed by atoms with Gasteiger partial charge in [0.05, 0.1) is 0 Å². The van der Waals surface area contributed by atoms with Crippen LogP contribution in [0.2, 0.25) is 0 Å². The van der Waals surface area contributed by atoms with Crippen LogP contribution >= 0.6 is 0 Å². The average Bonchev–Trinajstić information content (AvgIpc) is 2.53. The van der Waals surface area contributed by atoms with Gasteiger partial charge in [-0.05, 0) is 30.4 Å². The average molecular weight is 267 g/mol. The van der Waals surface area contributed by atoms with Gasteiger partial charge < -0.3 is 9.47 Å².